The number of aromatic nitrogens is 3. The summed E-state index contributed by atoms with van der Waals surface area (Å²) in [4.78, 5) is 28.5. The Morgan fingerprint density at radius 2 is 2.18 bits per heavy atom. The Hall–Kier alpha value is -1.89. The summed E-state index contributed by atoms with van der Waals surface area (Å²) < 4.78 is 1.54. The highest BCUT2D eigenvalue weighted by molar-refractivity contribution is 8.93. The van der Waals surface area contributed by atoms with Crippen LogP contribution in [0.1, 0.15) is 16.2 Å². The number of carboxylic acid groups (broad SMARTS) is 1. The molecule has 7 heteroatoms. The molecule has 6 nitrogen and oxygen atoms in total. The molecule has 0 bridgehead atoms. The standard InChI is InChI=1S/C10H9N3O3.BrH/c1-6-4-13(5-11-6)8-3-2-7(10(15)16)12-9(8)14;/h2-5H,1H3,(H,12,14)(H,15,16);1H. The lowest BCUT2D eigenvalue weighted by molar-refractivity contribution is 0.0690. The molecule has 0 saturated carbocycles. The number of carboxylic acids is 1. The second-order valence-electron chi connectivity index (χ2n) is 3.31. The molecule has 0 aliphatic carbocycles. The molecule has 0 aromatic carbocycles. The van der Waals surface area contributed by atoms with Crippen molar-refractivity contribution >= 4 is 23.0 Å². The lowest BCUT2D eigenvalue weighted by Crippen LogP contribution is -2.17. The van der Waals surface area contributed by atoms with Crippen LogP contribution >= 0.6 is 17.0 Å². The smallest absolute Gasteiger partial charge is 0.352 e. The highest BCUT2D eigenvalue weighted by Crippen LogP contribution is 2.03. The van der Waals surface area contributed by atoms with Crippen LogP contribution in [0.3, 0.4) is 0 Å². The van der Waals surface area contributed by atoms with E-state index in [0.717, 1.165) is 5.69 Å². The van der Waals surface area contributed by atoms with Crippen molar-refractivity contribution in [3.63, 3.8) is 0 Å². The van der Waals surface area contributed by atoms with E-state index in [4.69, 9.17) is 5.11 Å². The Morgan fingerprint density at radius 3 is 2.65 bits per heavy atom. The zero-order valence-electron chi connectivity index (χ0n) is 8.88. The van der Waals surface area contributed by atoms with Gasteiger partial charge in [0.25, 0.3) is 5.56 Å². The molecule has 0 aliphatic rings. The van der Waals surface area contributed by atoms with Crippen molar-refractivity contribution < 1.29 is 9.90 Å². The predicted molar refractivity (Wildman–Crippen MR) is 66.2 cm³/mol. The molecular formula is C10H10BrN3O3. The van der Waals surface area contributed by atoms with E-state index in [9.17, 15) is 9.59 Å². The summed E-state index contributed by atoms with van der Waals surface area (Å²) >= 11 is 0. The highest BCUT2D eigenvalue weighted by Gasteiger charge is 2.07. The highest BCUT2D eigenvalue weighted by atomic mass is 79.9. The van der Waals surface area contributed by atoms with Crippen LogP contribution in [-0.2, 0) is 0 Å². The lowest BCUT2D eigenvalue weighted by atomic mass is 10.3. The molecular weight excluding hydrogens is 290 g/mol. The number of halogens is 1. The summed E-state index contributed by atoms with van der Waals surface area (Å²) in [6.45, 7) is 1.80. The average Bonchev–Trinajstić information content (AvgIpc) is 2.64. The fraction of sp³-hybridized carbons (Fsp3) is 0.100. The third kappa shape index (κ3) is 2.62. The largest absolute Gasteiger partial charge is 0.477 e. The third-order valence-electron chi connectivity index (χ3n) is 2.11. The number of aromatic amines is 1. The molecule has 0 aliphatic heterocycles. The number of aromatic carboxylic acids is 1. The number of rotatable bonds is 2. The van der Waals surface area contributed by atoms with Crippen LogP contribution in [0.15, 0.2) is 29.5 Å². The van der Waals surface area contributed by atoms with E-state index in [1.807, 2.05) is 0 Å². The molecule has 2 rings (SSSR count). The van der Waals surface area contributed by atoms with Gasteiger partial charge in [-0.05, 0) is 19.1 Å². The molecule has 2 N–H and O–H groups in total. The molecule has 2 aromatic rings. The van der Waals surface area contributed by atoms with Crippen LogP contribution in [0.2, 0.25) is 0 Å². The Bertz CT molecular complexity index is 603. The molecule has 2 heterocycles. The fourth-order valence-corrected chi connectivity index (χ4v) is 1.35. The van der Waals surface area contributed by atoms with Gasteiger partial charge in [-0.15, -0.1) is 17.0 Å². The van der Waals surface area contributed by atoms with E-state index in [-0.39, 0.29) is 22.7 Å². The predicted octanol–water partition coefficient (Wildman–Crippen LogP) is 1.15. The number of H-pyrrole nitrogens is 1. The van der Waals surface area contributed by atoms with E-state index in [0.29, 0.717) is 5.69 Å². The van der Waals surface area contributed by atoms with Gasteiger partial charge >= 0.3 is 5.97 Å². The molecule has 0 spiro atoms. The summed E-state index contributed by atoms with van der Waals surface area (Å²) in [5.41, 5.74) is 0.523. The van der Waals surface area contributed by atoms with Gasteiger partial charge < -0.3 is 14.7 Å². The maximum absolute atomic E-state index is 11.6. The fourth-order valence-electron chi connectivity index (χ4n) is 1.35. The normalized spacial score (nSPS) is 9.71. The molecule has 0 fully saturated rings. The molecule has 2 aromatic heterocycles. The summed E-state index contributed by atoms with van der Waals surface area (Å²) in [7, 11) is 0. The van der Waals surface area contributed by atoms with Crippen LogP contribution in [0.25, 0.3) is 5.69 Å². The number of hydrogen-bond acceptors (Lipinski definition) is 3. The molecule has 0 atom stereocenters. The van der Waals surface area contributed by atoms with E-state index >= 15 is 0 Å². The summed E-state index contributed by atoms with van der Waals surface area (Å²) in [5.74, 6) is -1.16. The zero-order chi connectivity index (χ0) is 11.7. The second kappa shape index (κ2) is 4.96. The van der Waals surface area contributed by atoms with Crippen molar-refractivity contribution in [1.29, 1.82) is 0 Å². The first-order valence-electron chi connectivity index (χ1n) is 4.55. The van der Waals surface area contributed by atoms with Crippen molar-refractivity contribution in [2.24, 2.45) is 0 Å². The first-order chi connectivity index (χ1) is 7.58. The minimum atomic E-state index is -1.16. The van der Waals surface area contributed by atoms with Crippen molar-refractivity contribution in [2.75, 3.05) is 0 Å². The summed E-state index contributed by atoms with van der Waals surface area (Å²) in [6, 6.07) is 2.79. The van der Waals surface area contributed by atoms with E-state index in [1.54, 1.807) is 17.7 Å². The molecule has 0 unspecified atom stereocenters. The van der Waals surface area contributed by atoms with Gasteiger partial charge in [0.1, 0.15) is 11.4 Å². The van der Waals surface area contributed by atoms with Crippen molar-refractivity contribution in [2.45, 2.75) is 6.92 Å². The van der Waals surface area contributed by atoms with Gasteiger partial charge in [0, 0.05) is 6.20 Å². The minimum absolute atomic E-state index is 0. The zero-order valence-corrected chi connectivity index (χ0v) is 10.6. The lowest BCUT2D eigenvalue weighted by Gasteiger charge is -2.00. The van der Waals surface area contributed by atoms with Gasteiger partial charge in [0.05, 0.1) is 12.0 Å². The number of aryl methyl sites for hydroxylation is 1. The average molecular weight is 300 g/mol. The van der Waals surface area contributed by atoms with Crippen LogP contribution in [0.4, 0.5) is 0 Å². The molecule has 90 valence electrons. The van der Waals surface area contributed by atoms with E-state index in [2.05, 4.69) is 9.97 Å². The molecule has 17 heavy (non-hydrogen) atoms. The Morgan fingerprint density at radius 1 is 1.47 bits per heavy atom. The monoisotopic (exact) mass is 299 g/mol. The molecule has 0 amide bonds. The number of pyridine rings is 1. The quantitative estimate of drug-likeness (QED) is 0.870. The number of hydrogen-bond donors (Lipinski definition) is 2. The molecule has 0 saturated heterocycles. The van der Waals surface area contributed by atoms with Crippen LogP contribution in [0, 0.1) is 6.92 Å². The SMILES string of the molecule is Br.Cc1cn(-c2ccc(C(=O)O)[nH]c2=O)cn1. The number of carbonyl (C=O) groups is 1. The van der Waals surface area contributed by atoms with E-state index in [1.165, 1.54) is 18.5 Å². The first-order valence-corrected chi connectivity index (χ1v) is 4.55. The minimum Gasteiger partial charge on any atom is -0.477 e. The first kappa shape index (κ1) is 13.2. The number of imidazole rings is 1. The van der Waals surface area contributed by atoms with Gasteiger partial charge in [0.2, 0.25) is 0 Å². The topological polar surface area (TPSA) is 88.0 Å². The Kier molecular flexibility index (Phi) is 3.84. The number of nitrogens with one attached hydrogen (secondary N) is 1. The van der Waals surface area contributed by atoms with Gasteiger partial charge in [-0.25, -0.2) is 9.78 Å². The van der Waals surface area contributed by atoms with Crippen molar-refractivity contribution in [1.82, 2.24) is 14.5 Å². The van der Waals surface area contributed by atoms with Crippen LogP contribution in [0.5, 0.6) is 0 Å². The summed E-state index contributed by atoms with van der Waals surface area (Å²) in [6.07, 6.45) is 3.19. The Labute approximate surface area is 107 Å². The second-order valence-corrected chi connectivity index (χ2v) is 3.31. The van der Waals surface area contributed by atoms with Crippen LogP contribution in [-0.4, -0.2) is 25.6 Å². The van der Waals surface area contributed by atoms with Gasteiger partial charge in [0.15, 0.2) is 0 Å². The van der Waals surface area contributed by atoms with Gasteiger partial charge in [-0.1, -0.05) is 0 Å². The van der Waals surface area contributed by atoms with Crippen molar-refractivity contribution in [3.05, 3.63) is 46.4 Å². The summed E-state index contributed by atoms with van der Waals surface area (Å²) in [5, 5.41) is 8.69. The maximum atomic E-state index is 11.6. The maximum Gasteiger partial charge on any atom is 0.352 e. The third-order valence-corrected chi connectivity index (χ3v) is 2.11. The Balaban J connectivity index is 0.00000144. The van der Waals surface area contributed by atoms with Gasteiger partial charge in [-0.3, -0.25) is 4.79 Å². The molecule has 0 radical (unpaired) electrons. The number of nitrogens with zero attached hydrogens (tertiary/aromatic N) is 2. The van der Waals surface area contributed by atoms with Crippen LogP contribution < -0.4 is 5.56 Å². The van der Waals surface area contributed by atoms with Gasteiger partial charge in [-0.2, -0.15) is 0 Å². The van der Waals surface area contributed by atoms with Crippen molar-refractivity contribution in [3.8, 4) is 5.69 Å². The van der Waals surface area contributed by atoms with E-state index < -0.39 is 11.5 Å².